The van der Waals surface area contributed by atoms with Crippen LogP contribution < -0.4 is 5.73 Å². The molecule has 1 rings (SSSR count). The molecule has 0 aromatic heterocycles. The summed E-state index contributed by atoms with van der Waals surface area (Å²) in [4.78, 5) is 0. The number of hydrogen-bond acceptors (Lipinski definition) is 1. The van der Waals surface area contributed by atoms with Gasteiger partial charge < -0.3 is 5.73 Å². The van der Waals surface area contributed by atoms with E-state index in [1.165, 1.54) is 6.92 Å². The lowest BCUT2D eigenvalue weighted by atomic mass is 10.1. The molecule has 0 aliphatic carbocycles. The molecule has 60 valence electrons. The molecule has 0 spiro atoms. The van der Waals surface area contributed by atoms with Gasteiger partial charge >= 0.3 is 0 Å². The van der Waals surface area contributed by atoms with E-state index in [0.717, 1.165) is 12.1 Å². The van der Waals surface area contributed by atoms with Crippen LogP contribution in [0.5, 0.6) is 0 Å². The van der Waals surface area contributed by atoms with Gasteiger partial charge in [0.2, 0.25) is 0 Å². The summed E-state index contributed by atoms with van der Waals surface area (Å²) in [6, 6.07) is 2.28. The van der Waals surface area contributed by atoms with Crippen molar-refractivity contribution in [2.75, 3.05) is 0 Å². The van der Waals surface area contributed by atoms with E-state index >= 15 is 0 Å². The monoisotopic (exact) mass is 157 g/mol. The number of aryl methyl sites for hydroxylation is 1. The fourth-order valence-corrected chi connectivity index (χ4v) is 0.844. The lowest BCUT2D eigenvalue weighted by molar-refractivity contribution is 0.579. The third kappa shape index (κ3) is 1.54. The van der Waals surface area contributed by atoms with Crippen LogP contribution in [0.25, 0.3) is 0 Å². The van der Waals surface area contributed by atoms with Crippen LogP contribution in [0.2, 0.25) is 0 Å². The first-order valence-corrected chi connectivity index (χ1v) is 3.29. The second kappa shape index (κ2) is 2.96. The van der Waals surface area contributed by atoms with Gasteiger partial charge in [-0.2, -0.15) is 0 Å². The van der Waals surface area contributed by atoms with Crippen molar-refractivity contribution in [1.29, 1.82) is 0 Å². The molecule has 0 bridgehead atoms. The Bertz CT molecular complexity index is 271. The fourth-order valence-electron chi connectivity index (χ4n) is 0.844. The maximum absolute atomic E-state index is 12.8. The maximum atomic E-state index is 12.8. The Balaban J connectivity index is 3.21. The molecule has 0 heterocycles. The van der Waals surface area contributed by atoms with Gasteiger partial charge in [-0.25, -0.2) is 8.78 Å². The summed E-state index contributed by atoms with van der Waals surface area (Å²) in [6.45, 7) is 1.54. The minimum Gasteiger partial charge on any atom is -0.326 e. The van der Waals surface area contributed by atoms with Crippen LogP contribution in [0, 0.1) is 18.6 Å². The molecule has 0 saturated heterocycles. The van der Waals surface area contributed by atoms with Gasteiger partial charge in [0.25, 0.3) is 0 Å². The van der Waals surface area contributed by atoms with Gasteiger partial charge in [-0.3, -0.25) is 0 Å². The van der Waals surface area contributed by atoms with Crippen molar-refractivity contribution < 1.29 is 8.78 Å². The Morgan fingerprint density at radius 3 is 2.45 bits per heavy atom. The van der Waals surface area contributed by atoms with Crippen LogP contribution in [0.3, 0.4) is 0 Å². The van der Waals surface area contributed by atoms with E-state index in [4.69, 9.17) is 5.73 Å². The molecule has 3 heteroatoms. The third-order valence-corrected chi connectivity index (χ3v) is 1.55. The number of nitrogens with two attached hydrogens (primary N) is 1. The van der Waals surface area contributed by atoms with Crippen LogP contribution in [0.4, 0.5) is 8.78 Å². The third-order valence-electron chi connectivity index (χ3n) is 1.55. The minimum atomic E-state index is -0.439. The van der Waals surface area contributed by atoms with Crippen LogP contribution in [0.1, 0.15) is 11.1 Å². The van der Waals surface area contributed by atoms with Crippen molar-refractivity contribution in [3.63, 3.8) is 0 Å². The summed E-state index contributed by atoms with van der Waals surface area (Å²) in [5, 5.41) is 0. The predicted octanol–water partition coefficient (Wildman–Crippen LogP) is 1.73. The van der Waals surface area contributed by atoms with E-state index in [-0.39, 0.29) is 12.1 Å². The first kappa shape index (κ1) is 8.14. The molecule has 1 nitrogen and oxygen atoms in total. The average Bonchev–Trinajstić information content (AvgIpc) is 1.97. The molecule has 11 heavy (non-hydrogen) atoms. The summed E-state index contributed by atoms with van der Waals surface area (Å²) in [5.41, 5.74) is 5.68. The van der Waals surface area contributed by atoms with Gasteiger partial charge in [0, 0.05) is 12.1 Å². The van der Waals surface area contributed by atoms with Crippen LogP contribution in [-0.2, 0) is 6.54 Å². The van der Waals surface area contributed by atoms with Crippen molar-refractivity contribution in [2.45, 2.75) is 13.5 Å². The highest BCUT2D eigenvalue weighted by molar-refractivity contribution is 5.24. The molecule has 1 aromatic carbocycles. The lowest BCUT2D eigenvalue weighted by Crippen LogP contribution is -2.01. The molecule has 0 atom stereocenters. The Hall–Kier alpha value is -0.960. The molecular formula is C8H9F2N. The molecule has 0 aliphatic rings. The van der Waals surface area contributed by atoms with Crippen LogP contribution >= 0.6 is 0 Å². The van der Waals surface area contributed by atoms with E-state index < -0.39 is 11.6 Å². The Kier molecular flexibility index (Phi) is 2.19. The van der Waals surface area contributed by atoms with Crippen LogP contribution in [-0.4, -0.2) is 0 Å². The highest BCUT2D eigenvalue weighted by Crippen LogP contribution is 2.12. The zero-order valence-corrected chi connectivity index (χ0v) is 6.20. The summed E-state index contributed by atoms with van der Waals surface area (Å²) in [5.74, 6) is -0.849. The molecule has 0 aliphatic heterocycles. The molecular weight excluding hydrogens is 148 g/mol. The van der Waals surface area contributed by atoms with Crippen molar-refractivity contribution in [3.05, 3.63) is 34.9 Å². The minimum absolute atomic E-state index is 0.0308. The second-order valence-corrected chi connectivity index (χ2v) is 2.40. The standard InChI is InChI=1S/C8H9F2N/c1-5-2-8(10)6(4-11)3-7(5)9/h2-3H,4,11H2,1H3. The Labute approximate surface area is 63.8 Å². The van der Waals surface area contributed by atoms with Gasteiger partial charge in [0.05, 0.1) is 0 Å². The quantitative estimate of drug-likeness (QED) is 0.660. The van der Waals surface area contributed by atoms with Gasteiger partial charge in [0.1, 0.15) is 11.6 Å². The average molecular weight is 157 g/mol. The normalized spacial score (nSPS) is 10.2. The first-order chi connectivity index (χ1) is 5.15. The van der Waals surface area contributed by atoms with Crippen molar-refractivity contribution in [3.8, 4) is 0 Å². The second-order valence-electron chi connectivity index (χ2n) is 2.40. The molecule has 1 aromatic rings. The molecule has 0 fully saturated rings. The molecule has 0 saturated carbocycles. The highest BCUT2D eigenvalue weighted by Gasteiger charge is 2.04. The van der Waals surface area contributed by atoms with E-state index in [9.17, 15) is 8.78 Å². The fraction of sp³-hybridized carbons (Fsp3) is 0.250. The molecule has 0 amide bonds. The Morgan fingerprint density at radius 2 is 1.91 bits per heavy atom. The number of halogens is 2. The highest BCUT2D eigenvalue weighted by atomic mass is 19.1. The number of rotatable bonds is 1. The SMILES string of the molecule is Cc1cc(F)c(CN)cc1F. The smallest absolute Gasteiger partial charge is 0.128 e. The number of hydrogen-bond donors (Lipinski definition) is 1. The summed E-state index contributed by atoms with van der Waals surface area (Å²) in [6.07, 6.45) is 0. The molecule has 0 unspecified atom stereocenters. The van der Waals surface area contributed by atoms with Crippen molar-refractivity contribution in [1.82, 2.24) is 0 Å². The molecule has 2 N–H and O–H groups in total. The van der Waals surface area contributed by atoms with E-state index in [1.807, 2.05) is 0 Å². The van der Waals surface area contributed by atoms with E-state index in [0.29, 0.717) is 5.56 Å². The predicted molar refractivity (Wildman–Crippen MR) is 39.0 cm³/mol. The lowest BCUT2D eigenvalue weighted by Gasteiger charge is -2.01. The maximum Gasteiger partial charge on any atom is 0.128 e. The Morgan fingerprint density at radius 1 is 1.27 bits per heavy atom. The summed E-state index contributed by atoms with van der Waals surface area (Å²) < 4.78 is 25.5. The first-order valence-electron chi connectivity index (χ1n) is 3.29. The van der Waals surface area contributed by atoms with Gasteiger partial charge in [0.15, 0.2) is 0 Å². The van der Waals surface area contributed by atoms with Gasteiger partial charge in [-0.15, -0.1) is 0 Å². The van der Waals surface area contributed by atoms with E-state index in [2.05, 4.69) is 0 Å². The largest absolute Gasteiger partial charge is 0.326 e. The van der Waals surface area contributed by atoms with Crippen molar-refractivity contribution >= 4 is 0 Å². The molecule has 0 radical (unpaired) electrons. The van der Waals surface area contributed by atoms with Gasteiger partial charge in [-0.1, -0.05) is 0 Å². The van der Waals surface area contributed by atoms with Gasteiger partial charge in [-0.05, 0) is 24.6 Å². The number of benzene rings is 1. The topological polar surface area (TPSA) is 26.0 Å². The zero-order valence-electron chi connectivity index (χ0n) is 6.20. The summed E-state index contributed by atoms with van der Waals surface area (Å²) >= 11 is 0. The van der Waals surface area contributed by atoms with E-state index in [1.54, 1.807) is 0 Å². The summed E-state index contributed by atoms with van der Waals surface area (Å²) in [7, 11) is 0. The van der Waals surface area contributed by atoms with Crippen molar-refractivity contribution in [2.24, 2.45) is 5.73 Å². The van der Waals surface area contributed by atoms with Crippen LogP contribution in [0.15, 0.2) is 12.1 Å². The zero-order chi connectivity index (χ0) is 8.43.